The predicted octanol–water partition coefficient (Wildman–Crippen LogP) is 0.0767. The van der Waals surface area contributed by atoms with Crippen molar-refractivity contribution in [2.24, 2.45) is 0 Å². The first-order valence-electron chi connectivity index (χ1n) is 5.19. The molecule has 1 amide bonds. The van der Waals surface area contributed by atoms with E-state index in [-0.39, 0.29) is 5.91 Å². The molecule has 0 aliphatic carbocycles. The summed E-state index contributed by atoms with van der Waals surface area (Å²) in [5.41, 5.74) is 0. The van der Waals surface area contributed by atoms with Crippen LogP contribution in [-0.2, 0) is 9.53 Å². The van der Waals surface area contributed by atoms with Gasteiger partial charge < -0.3 is 4.74 Å². The molecule has 1 aliphatic rings. The molecule has 1 aromatic rings. The molecule has 0 aromatic carbocycles. The Morgan fingerprint density at radius 1 is 1.38 bits per heavy atom. The second-order valence-electron chi connectivity index (χ2n) is 3.45. The number of hydrogen-bond acceptors (Lipinski definition) is 5. The molecule has 0 radical (unpaired) electrons. The van der Waals surface area contributed by atoms with Crippen LogP contribution in [0.15, 0.2) is 18.5 Å². The molecule has 1 aliphatic heterocycles. The average Bonchev–Trinajstić information content (AvgIpc) is 2.31. The number of ether oxygens (including phenoxy) is 1. The van der Waals surface area contributed by atoms with Gasteiger partial charge in [0.25, 0.3) is 0 Å². The molecule has 0 saturated carbocycles. The van der Waals surface area contributed by atoms with Gasteiger partial charge in [-0.3, -0.25) is 4.79 Å². The summed E-state index contributed by atoms with van der Waals surface area (Å²) in [6.07, 6.45) is 3.25. The molecule has 1 aromatic heterocycles. The average molecular weight is 222 g/mol. The summed E-state index contributed by atoms with van der Waals surface area (Å²) in [6.45, 7) is 4.11. The number of carbonyl (C=O) groups is 1. The minimum atomic E-state index is -0.0897. The van der Waals surface area contributed by atoms with Crippen molar-refractivity contribution in [2.75, 3.05) is 31.3 Å². The Labute approximate surface area is 93.8 Å². The van der Waals surface area contributed by atoms with Gasteiger partial charge in [-0.1, -0.05) is 0 Å². The second kappa shape index (κ2) is 5.00. The van der Waals surface area contributed by atoms with Crippen molar-refractivity contribution in [1.82, 2.24) is 15.0 Å². The van der Waals surface area contributed by atoms with Gasteiger partial charge in [0.2, 0.25) is 11.9 Å². The number of hydrogen-bond donors (Lipinski definition) is 0. The van der Waals surface area contributed by atoms with Crippen molar-refractivity contribution < 1.29 is 9.53 Å². The quantitative estimate of drug-likeness (QED) is 0.709. The van der Waals surface area contributed by atoms with E-state index >= 15 is 0 Å². The van der Waals surface area contributed by atoms with Gasteiger partial charge in [-0.15, -0.1) is 0 Å². The van der Waals surface area contributed by atoms with Gasteiger partial charge in [0.05, 0.1) is 13.2 Å². The topological polar surface area (TPSA) is 58.6 Å². The fourth-order valence-corrected chi connectivity index (χ4v) is 1.62. The molecular weight excluding hydrogens is 208 g/mol. The molecule has 1 saturated heterocycles. The van der Waals surface area contributed by atoms with Crippen LogP contribution in [0.2, 0.25) is 0 Å². The zero-order valence-corrected chi connectivity index (χ0v) is 9.17. The molecule has 6 heteroatoms. The molecular formula is C10H14N4O2. The summed E-state index contributed by atoms with van der Waals surface area (Å²) >= 11 is 0. The van der Waals surface area contributed by atoms with Crippen molar-refractivity contribution >= 4 is 11.9 Å². The summed E-state index contributed by atoms with van der Waals surface area (Å²) in [5.74, 6) is 0.324. The van der Waals surface area contributed by atoms with E-state index in [1.54, 1.807) is 18.5 Å². The van der Waals surface area contributed by atoms with Crippen molar-refractivity contribution in [3.05, 3.63) is 18.5 Å². The predicted molar refractivity (Wildman–Crippen MR) is 57.6 cm³/mol. The van der Waals surface area contributed by atoms with Crippen LogP contribution in [0.1, 0.15) is 6.92 Å². The van der Waals surface area contributed by atoms with E-state index in [0.717, 1.165) is 0 Å². The summed E-state index contributed by atoms with van der Waals surface area (Å²) < 4.78 is 5.25. The summed E-state index contributed by atoms with van der Waals surface area (Å²) in [5, 5.41) is 3.41. The number of morpholine rings is 1. The first-order chi connectivity index (χ1) is 7.79. The van der Waals surface area contributed by atoms with Gasteiger partial charge in [-0.05, 0) is 6.07 Å². The third-order valence-corrected chi connectivity index (χ3v) is 2.31. The Bertz CT molecular complexity index is 351. The van der Waals surface area contributed by atoms with E-state index in [1.165, 1.54) is 11.9 Å². The van der Waals surface area contributed by atoms with Crippen LogP contribution in [0.5, 0.6) is 0 Å². The molecule has 2 heterocycles. The van der Waals surface area contributed by atoms with Gasteiger partial charge in [0.15, 0.2) is 0 Å². The minimum absolute atomic E-state index is 0.0897. The Hall–Kier alpha value is -1.53. The van der Waals surface area contributed by atoms with E-state index < -0.39 is 0 Å². The number of amides is 1. The maximum absolute atomic E-state index is 11.6. The molecule has 0 bridgehead atoms. The number of carbonyl (C=O) groups excluding carboxylic acids is 1. The SMILES string of the molecule is CC(=O)N(c1ncccn1)N1CCOCC1. The van der Waals surface area contributed by atoms with Crippen molar-refractivity contribution in [1.29, 1.82) is 0 Å². The van der Waals surface area contributed by atoms with Crippen LogP contribution in [0.25, 0.3) is 0 Å². The van der Waals surface area contributed by atoms with Crippen molar-refractivity contribution in [3.8, 4) is 0 Å². The summed E-state index contributed by atoms with van der Waals surface area (Å²) in [7, 11) is 0. The molecule has 16 heavy (non-hydrogen) atoms. The molecule has 0 N–H and O–H groups in total. The van der Waals surface area contributed by atoms with Gasteiger partial charge in [-0.2, -0.15) is 0 Å². The van der Waals surface area contributed by atoms with Gasteiger partial charge in [0, 0.05) is 32.4 Å². The van der Waals surface area contributed by atoms with E-state index in [4.69, 9.17) is 4.74 Å². The van der Waals surface area contributed by atoms with Crippen LogP contribution in [0.3, 0.4) is 0 Å². The van der Waals surface area contributed by atoms with E-state index in [2.05, 4.69) is 9.97 Å². The lowest BCUT2D eigenvalue weighted by Crippen LogP contribution is -2.51. The highest BCUT2D eigenvalue weighted by molar-refractivity contribution is 5.88. The summed E-state index contributed by atoms with van der Waals surface area (Å²) in [6, 6.07) is 1.72. The highest BCUT2D eigenvalue weighted by Gasteiger charge is 2.24. The van der Waals surface area contributed by atoms with Crippen LogP contribution >= 0.6 is 0 Å². The molecule has 0 unspecified atom stereocenters. The largest absolute Gasteiger partial charge is 0.379 e. The molecule has 86 valence electrons. The first kappa shape index (κ1) is 11.0. The minimum Gasteiger partial charge on any atom is -0.379 e. The third-order valence-electron chi connectivity index (χ3n) is 2.31. The number of anilines is 1. The lowest BCUT2D eigenvalue weighted by atomic mass is 10.5. The van der Waals surface area contributed by atoms with Crippen LogP contribution in [0.4, 0.5) is 5.95 Å². The Balaban J connectivity index is 2.20. The fraction of sp³-hybridized carbons (Fsp3) is 0.500. The molecule has 1 fully saturated rings. The van der Waals surface area contributed by atoms with Crippen LogP contribution in [0, 0.1) is 0 Å². The maximum Gasteiger partial charge on any atom is 0.247 e. The Kier molecular flexibility index (Phi) is 3.43. The number of nitrogens with zero attached hydrogens (tertiary/aromatic N) is 4. The summed E-state index contributed by atoms with van der Waals surface area (Å²) in [4.78, 5) is 19.8. The Morgan fingerprint density at radius 3 is 2.56 bits per heavy atom. The van der Waals surface area contributed by atoms with E-state index in [0.29, 0.717) is 32.3 Å². The normalized spacial score (nSPS) is 17.1. The molecule has 0 atom stereocenters. The van der Waals surface area contributed by atoms with E-state index in [9.17, 15) is 4.79 Å². The van der Waals surface area contributed by atoms with Crippen LogP contribution < -0.4 is 5.01 Å². The molecule has 2 rings (SSSR count). The lowest BCUT2D eigenvalue weighted by molar-refractivity contribution is -0.121. The monoisotopic (exact) mass is 222 g/mol. The first-order valence-corrected chi connectivity index (χ1v) is 5.19. The van der Waals surface area contributed by atoms with Gasteiger partial charge in [-0.25, -0.2) is 20.0 Å². The smallest absolute Gasteiger partial charge is 0.247 e. The Morgan fingerprint density at radius 2 is 2.00 bits per heavy atom. The number of rotatable bonds is 2. The number of aromatic nitrogens is 2. The molecule has 6 nitrogen and oxygen atoms in total. The fourth-order valence-electron chi connectivity index (χ4n) is 1.62. The van der Waals surface area contributed by atoms with Gasteiger partial charge in [0.1, 0.15) is 0 Å². The standard InChI is InChI=1S/C10H14N4O2/c1-9(15)14(10-11-3-2-4-12-10)13-5-7-16-8-6-13/h2-4H,5-8H2,1H3. The highest BCUT2D eigenvalue weighted by Crippen LogP contribution is 2.11. The maximum atomic E-state index is 11.6. The molecule has 0 spiro atoms. The zero-order valence-electron chi connectivity index (χ0n) is 9.17. The van der Waals surface area contributed by atoms with Crippen molar-refractivity contribution in [2.45, 2.75) is 6.92 Å². The zero-order chi connectivity index (χ0) is 11.4. The highest BCUT2D eigenvalue weighted by atomic mass is 16.5. The number of hydrazine groups is 1. The third kappa shape index (κ3) is 2.34. The van der Waals surface area contributed by atoms with Gasteiger partial charge >= 0.3 is 0 Å². The van der Waals surface area contributed by atoms with Crippen molar-refractivity contribution in [3.63, 3.8) is 0 Å². The van der Waals surface area contributed by atoms with E-state index in [1.807, 2.05) is 5.01 Å². The van der Waals surface area contributed by atoms with Crippen LogP contribution in [-0.4, -0.2) is 47.2 Å². The lowest BCUT2D eigenvalue weighted by Gasteiger charge is -2.34. The second-order valence-corrected chi connectivity index (χ2v) is 3.45.